The van der Waals surface area contributed by atoms with E-state index in [1.807, 2.05) is 12.4 Å². The molecule has 0 spiro atoms. The number of pyridine rings is 1. The van der Waals surface area contributed by atoms with Gasteiger partial charge in [0.2, 0.25) is 0 Å². The molecule has 21 heavy (non-hydrogen) atoms. The molecule has 0 saturated heterocycles. The zero-order chi connectivity index (χ0) is 16.5. The zero-order valence-electron chi connectivity index (χ0n) is 12.0. The maximum atomic E-state index is 9.87. The monoisotopic (exact) mass is 337 g/mol. The van der Waals surface area contributed by atoms with Crippen molar-refractivity contribution < 1.29 is 30.2 Å². The maximum absolute atomic E-state index is 10.7. The molecule has 0 saturated carbocycles. The van der Waals surface area contributed by atoms with Gasteiger partial charge in [-0.15, -0.1) is 0 Å². The molecular formula is C13H22F6NP. The van der Waals surface area contributed by atoms with Gasteiger partial charge in [-0.3, -0.25) is 0 Å². The average Bonchev–Trinajstić information content (AvgIpc) is 2.31. The van der Waals surface area contributed by atoms with Gasteiger partial charge in [0.15, 0.2) is 12.4 Å². The number of nitrogens with one attached hydrogen (secondary N) is 1. The van der Waals surface area contributed by atoms with E-state index >= 15 is 0 Å². The van der Waals surface area contributed by atoms with Crippen molar-refractivity contribution in [3.8, 4) is 0 Å². The number of hydrogen-bond donors (Lipinski definition) is 0. The van der Waals surface area contributed by atoms with Crippen LogP contribution in [-0.2, 0) is 6.42 Å². The summed E-state index contributed by atoms with van der Waals surface area (Å²) in [6, 6.07) is 4.35. The number of unbranched alkanes of at least 4 members (excludes halogenated alkanes) is 5. The summed E-state index contributed by atoms with van der Waals surface area (Å²) in [5.74, 6) is 0. The molecule has 1 N–H and O–H groups in total. The van der Waals surface area contributed by atoms with Gasteiger partial charge in [0.25, 0.3) is 0 Å². The Morgan fingerprint density at radius 3 is 1.71 bits per heavy atom. The summed E-state index contributed by atoms with van der Waals surface area (Å²) in [6.45, 7) is 2.26. The van der Waals surface area contributed by atoms with Crippen molar-refractivity contribution in [3.05, 3.63) is 30.1 Å². The van der Waals surface area contributed by atoms with E-state index in [9.17, 15) is 25.2 Å². The quantitative estimate of drug-likeness (QED) is 0.296. The minimum atomic E-state index is -10.7. The Bertz CT molecular complexity index is 377. The molecule has 1 rings (SSSR count). The molecule has 0 unspecified atom stereocenters. The van der Waals surface area contributed by atoms with E-state index in [1.165, 1.54) is 50.5 Å². The molecular weight excluding hydrogens is 315 g/mol. The molecule has 1 heterocycles. The van der Waals surface area contributed by atoms with Crippen molar-refractivity contribution >= 4 is 7.81 Å². The number of halogens is 6. The number of H-pyrrole nitrogens is 1. The molecule has 1 aromatic heterocycles. The summed E-state index contributed by atoms with van der Waals surface area (Å²) in [4.78, 5) is 3.05. The van der Waals surface area contributed by atoms with Gasteiger partial charge in [-0.2, -0.15) is 0 Å². The molecule has 0 bridgehead atoms. The van der Waals surface area contributed by atoms with Crippen LogP contribution >= 0.6 is 7.81 Å². The standard InChI is InChI=1S/C13H21N.F6P/c1-2-3-4-5-6-7-8-13-9-11-14-12-10-13;1-7(2,3,4,5)6/h9-12H,2-8H2,1H3;/q;-1/p+1. The van der Waals surface area contributed by atoms with Crippen LogP contribution in [0.1, 0.15) is 51.0 Å². The molecule has 1 aromatic rings. The third-order valence-corrected chi connectivity index (χ3v) is 2.61. The van der Waals surface area contributed by atoms with Crippen molar-refractivity contribution in [2.45, 2.75) is 51.9 Å². The Balaban J connectivity index is 0.000000486. The van der Waals surface area contributed by atoms with Crippen LogP contribution in [-0.4, -0.2) is 0 Å². The molecule has 0 fully saturated rings. The van der Waals surface area contributed by atoms with Crippen LogP contribution in [0.2, 0.25) is 0 Å². The van der Waals surface area contributed by atoms with Crippen LogP contribution < -0.4 is 4.98 Å². The van der Waals surface area contributed by atoms with Crippen molar-refractivity contribution in [3.63, 3.8) is 0 Å². The molecule has 126 valence electrons. The summed E-state index contributed by atoms with van der Waals surface area (Å²) in [7, 11) is -10.7. The summed E-state index contributed by atoms with van der Waals surface area (Å²) in [6.07, 6.45) is 13.5. The van der Waals surface area contributed by atoms with Crippen LogP contribution in [0.4, 0.5) is 25.2 Å². The number of hydrogen-bond acceptors (Lipinski definition) is 0. The Kier molecular flexibility index (Phi) is 7.13. The third kappa shape index (κ3) is 24.5. The SMILES string of the molecule is CCCCCCCCc1cc[nH+]cc1.F[P-](F)(F)(F)(F)F. The Labute approximate surface area is 121 Å². The van der Waals surface area contributed by atoms with Gasteiger partial charge in [-0.1, -0.05) is 39.0 Å². The van der Waals surface area contributed by atoms with Crippen molar-refractivity contribution in [2.24, 2.45) is 0 Å². The molecule has 0 atom stereocenters. The number of rotatable bonds is 7. The van der Waals surface area contributed by atoms with Gasteiger partial charge < -0.3 is 0 Å². The second-order valence-electron chi connectivity index (χ2n) is 4.88. The molecule has 0 amide bonds. The molecule has 0 aliphatic rings. The topological polar surface area (TPSA) is 14.1 Å². The second-order valence-corrected chi connectivity index (χ2v) is 6.80. The summed E-state index contributed by atoms with van der Waals surface area (Å²) in [5, 5.41) is 0. The number of aryl methyl sites for hydroxylation is 1. The van der Waals surface area contributed by atoms with E-state index in [-0.39, 0.29) is 0 Å². The Morgan fingerprint density at radius 2 is 1.24 bits per heavy atom. The van der Waals surface area contributed by atoms with Crippen LogP contribution in [0, 0.1) is 0 Å². The van der Waals surface area contributed by atoms with E-state index in [2.05, 4.69) is 24.0 Å². The van der Waals surface area contributed by atoms with Gasteiger partial charge in [0, 0.05) is 12.1 Å². The molecule has 0 aromatic carbocycles. The van der Waals surface area contributed by atoms with Gasteiger partial charge in [-0.05, 0) is 18.4 Å². The van der Waals surface area contributed by atoms with E-state index in [1.54, 1.807) is 0 Å². The van der Waals surface area contributed by atoms with Gasteiger partial charge in [0.05, 0.1) is 0 Å². The van der Waals surface area contributed by atoms with Crippen molar-refractivity contribution in [1.82, 2.24) is 0 Å². The first kappa shape index (κ1) is 20.2. The van der Waals surface area contributed by atoms with Crippen LogP contribution in [0.5, 0.6) is 0 Å². The Morgan fingerprint density at radius 1 is 0.810 bits per heavy atom. The van der Waals surface area contributed by atoms with Gasteiger partial charge >= 0.3 is 33.0 Å². The van der Waals surface area contributed by atoms with Gasteiger partial charge in [-0.25, -0.2) is 4.98 Å². The molecule has 1 nitrogen and oxygen atoms in total. The summed E-state index contributed by atoms with van der Waals surface area (Å²) >= 11 is 0. The summed E-state index contributed by atoms with van der Waals surface area (Å²) in [5.41, 5.74) is 1.46. The second kappa shape index (κ2) is 7.43. The number of aromatic nitrogens is 1. The molecule has 0 radical (unpaired) electrons. The van der Waals surface area contributed by atoms with E-state index < -0.39 is 7.81 Å². The first-order valence-electron chi connectivity index (χ1n) is 6.90. The predicted molar refractivity (Wildman–Crippen MR) is 73.6 cm³/mol. The van der Waals surface area contributed by atoms with E-state index in [0.29, 0.717) is 0 Å². The van der Waals surface area contributed by atoms with E-state index in [0.717, 1.165) is 0 Å². The molecule has 0 aliphatic carbocycles. The van der Waals surface area contributed by atoms with Crippen LogP contribution in [0.3, 0.4) is 0 Å². The Hall–Kier alpha value is -0.840. The van der Waals surface area contributed by atoms with Crippen molar-refractivity contribution in [1.29, 1.82) is 0 Å². The molecule has 8 heteroatoms. The third-order valence-electron chi connectivity index (χ3n) is 2.61. The average molecular weight is 337 g/mol. The molecule has 0 aliphatic heterocycles. The zero-order valence-corrected chi connectivity index (χ0v) is 12.9. The fraction of sp³-hybridized carbons (Fsp3) is 0.615. The minimum absolute atomic E-state index is 1.24. The fourth-order valence-electron chi connectivity index (χ4n) is 1.70. The summed E-state index contributed by atoms with van der Waals surface area (Å²) < 4.78 is 59.2. The normalized spacial score (nSPS) is 14.6. The fourth-order valence-corrected chi connectivity index (χ4v) is 1.70. The van der Waals surface area contributed by atoms with Gasteiger partial charge in [0.1, 0.15) is 0 Å². The first-order valence-corrected chi connectivity index (χ1v) is 8.92. The van der Waals surface area contributed by atoms with Crippen LogP contribution in [0.15, 0.2) is 24.5 Å². The first-order chi connectivity index (χ1) is 9.38. The van der Waals surface area contributed by atoms with E-state index in [4.69, 9.17) is 0 Å². The van der Waals surface area contributed by atoms with Crippen molar-refractivity contribution in [2.75, 3.05) is 0 Å². The van der Waals surface area contributed by atoms with Crippen LogP contribution in [0.25, 0.3) is 0 Å². The number of aromatic amines is 1. The predicted octanol–water partition coefficient (Wildman–Crippen LogP) is 6.79.